The van der Waals surface area contributed by atoms with Gasteiger partial charge in [0.1, 0.15) is 0 Å². The highest BCUT2D eigenvalue weighted by Gasteiger charge is 2.13. The molecule has 1 aliphatic rings. The molecule has 5 heteroatoms. The van der Waals surface area contributed by atoms with E-state index in [4.69, 9.17) is 9.47 Å². The standard InChI is InChI=1S/C19H22N2O3/c1-13-3-4-14(2)16(9-13)20-8-7-19(22)21-11-15-5-6-17-18(10-15)24-12-23-17/h3-6,9-10,20H,7-8,11-12H2,1-2H3,(H,21,22). The lowest BCUT2D eigenvalue weighted by Crippen LogP contribution is -2.24. The SMILES string of the molecule is Cc1ccc(C)c(NCCC(=O)NCc2ccc3c(c2)OCO3)c1. The molecule has 24 heavy (non-hydrogen) atoms. The third-order valence-electron chi connectivity index (χ3n) is 3.99. The molecule has 0 unspecified atom stereocenters. The van der Waals surface area contributed by atoms with Crippen molar-refractivity contribution in [3.8, 4) is 11.5 Å². The number of fused-ring (bicyclic) bond motifs is 1. The van der Waals surface area contributed by atoms with E-state index in [1.54, 1.807) is 0 Å². The molecule has 2 aromatic rings. The molecule has 126 valence electrons. The van der Waals surface area contributed by atoms with Crippen LogP contribution in [0, 0.1) is 13.8 Å². The molecule has 1 amide bonds. The first kappa shape index (κ1) is 16.2. The van der Waals surface area contributed by atoms with Crippen molar-refractivity contribution in [1.82, 2.24) is 5.32 Å². The van der Waals surface area contributed by atoms with Crippen molar-refractivity contribution in [2.75, 3.05) is 18.7 Å². The molecule has 0 atom stereocenters. The number of rotatable bonds is 6. The molecule has 2 aromatic carbocycles. The number of nitrogens with one attached hydrogen (secondary N) is 2. The minimum atomic E-state index is 0.0190. The Morgan fingerprint density at radius 3 is 2.79 bits per heavy atom. The highest BCUT2D eigenvalue weighted by molar-refractivity contribution is 5.76. The van der Waals surface area contributed by atoms with Crippen LogP contribution in [0.4, 0.5) is 5.69 Å². The number of amides is 1. The molecule has 0 spiro atoms. The molecule has 1 aliphatic heterocycles. The van der Waals surface area contributed by atoms with Gasteiger partial charge in [0.05, 0.1) is 0 Å². The molecule has 0 aromatic heterocycles. The maximum absolute atomic E-state index is 12.0. The van der Waals surface area contributed by atoms with Gasteiger partial charge in [0.25, 0.3) is 0 Å². The minimum Gasteiger partial charge on any atom is -0.454 e. The van der Waals surface area contributed by atoms with E-state index in [9.17, 15) is 4.79 Å². The van der Waals surface area contributed by atoms with Gasteiger partial charge in [-0.15, -0.1) is 0 Å². The van der Waals surface area contributed by atoms with Gasteiger partial charge in [-0.3, -0.25) is 4.79 Å². The second-order valence-corrected chi connectivity index (χ2v) is 5.96. The third kappa shape index (κ3) is 3.98. The molecule has 0 radical (unpaired) electrons. The van der Waals surface area contributed by atoms with Crippen molar-refractivity contribution in [2.45, 2.75) is 26.8 Å². The fourth-order valence-corrected chi connectivity index (χ4v) is 2.58. The maximum atomic E-state index is 12.0. The Labute approximate surface area is 142 Å². The van der Waals surface area contributed by atoms with Crippen molar-refractivity contribution < 1.29 is 14.3 Å². The quantitative estimate of drug-likeness (QED) is 0.856. The molecule has 0 fully saturated rings. The van der Waals surface area contributed by atoms with E-state index in [2.05, 4.69) is 42.7 Å². The van der Waals surface area contributed by atoms with Gasteiger partial charge in [0.15, 0.2) is 11.5 Å². The van der Waals surface area contributed by atoms with Crippen LogP contribution in [0.5, 0.6) is 11.5 Å². The smallest absolute Gasteiger partial charge is 0.231 e. The number of aryl methyl sites for hydroxylation is 2. The second kappa shape index (κ2) is 7.25. The van der Waals surface area contributed by atoms with Gasteiger partial charge in [-0.1, -0.05) is 18.2 Å². The average Bonchev–Trinajstić information content (AvgIpc) is 3.04. The lowest BCUT2D eigenvalue weighted by Gasteiger charge is -2.11. The van der Waals surface area contributed by atoms with E-state index in [1.165, 1.54) is 11.1 Å². The number of benzene rings is 2. The van der Waals surface area contributed by atoms with E-state index in [1.807, 2.05) is 18.2 Å². The van der Waals surface area contributed by atoms with Crippen molar-refractivity contribution in [3.63, 3.8) is 0 Å². The van der Waals surface area contributed by atoms with Crippen LogP contribution in [-0.4, -0.2) is 19.2 Å². The van der Waals surface area contributed by atoms with Crippen LogP contribution in [0.15, 0.2) is 36.4 Å². The Hall–Kier alpha value is -2.69. The van der Waals surface area contributed by atoms with Crippen LogP contribution < -0.4 is 20.1 Å². The molecule has 5 nitrogen and oxygen atoms in total. The topological polar surface area (TPSA) is 59.6 Å². The first-order valence-electron chi connectivity index (χ1n) is 8.08. The maximum Gasteiger partial charge on any atom is 0.231 e. The van der Waals surface area contributed by atoms with Gasteiger partial charge in [-0.2, -0.15) is 0 Å². The van der Waals surface area contributed by atoms with Gasteiger partial charge in [0.2, 0.25) is 12.7 Å². The normalized spacial score (nSPS) is 12.1. The van der Waals surface area contributed by atoms with Crippen LogP contribution in [0.1, 0.15) is 23.1 Å². The lowest BCUT2D eigenvalue weighted by molar-refractivity contribution is -0.121. The number of carbonyl (C=O) groups excluding carboxylic acids is 1. The van der Waals surface area contributed by atoms with Crippen LogP contribution in [-0.2, 0) is 11.3 Å². The van der Waals surface area contributed by atoms with E-state index >= 15 is 0 Å². The summed E-state index contributed by atoms with van der Waals surface area (Å²) in [5.41, 5.74) is 4.46. The van der Waals surface area contributed by atoms with Gasteiger partial charge in [-0.25, -0.2) is 0 Å². The summed E-state index contributed by atoms with van der Waals surface area (Å²) in [7, 11) is 0. The zero-order chi connectivity index (χ0) is 16.9. The fraction of sp³-hybridized carbons (Fsp3) is 0.316. The summed E-state index contributed by atoms with van der Waals surface area (Å²) in [6.45, 7) is 5.47. The predicted molar refractivity (Wildman–Crippen MR) is 93.4 cm³/mol. The molecular formula is C19H22N2O3. The van der Waals surface area contributed by atoms with Crippen molar-refractivity contribution in [2.24, 2.45) is 0 Å². The second-order valence-electron chi connectivity index (χ2n) is 5.96. The van der Waals surface area contributed by atoms with Crippen molar-refractivity contribution >= 4 is 11.6 Å². The summed E-state index contributed by atoms with van der Waals surface area (Å²) in [6, 6.07) is 12.0. The van der Waals surface area contributed by atoms with E-state index in [0.717, 1.165) is 22.7 Å². The number of ether oxygens (including phenoxy) is 2. The zero-order valence-electron chi connectivity index (χ0n) is 14.0. The molecule has 0 saturated carbocycles. The third-order valence-corrected chi connectivity index (χ3v) is 3.99. The van der Waals surface area contributed by atoms with Crippen LogP contribution in [0.3, 0.4) is 0 Å². The molecule has 1 heterocycles. The zero-order valence-corrected chi connectivity index (χ0v) is 14.0. The molecule has 0 saturated heterocycles. The Balaban J connectivity index is 1.43. The number of hydrogen-bond acceptors (Lipinski definition) is 4. The van der Waals surface area contributed by atoms with Crippen LogP contribution >= 0.6 is 0 Å². The van der Waals surface area contributed by atoms with Crippen LogP contribution in [0.25, 0.3) is 0 Å². The molecular weight excluding hydrogens is 304 g/mol. The Morgan fingerprint density at radius 1 is 1.08 bits per heavy atom. The average molecular weight is 326 g/mol. The number of hydrogen-bond donors (Lipinski definition) is 2. The first-order chi connectivity index (χ1) is 11.6. The predicted octanol–water partition coefficient (Wildman–Crippen LogP) is 3.15. The fourth-order valence-electron chi connectivity index (χ4n) is 2.58. The lowest BCUT2D eigenvalue weighted by atomic mass is 10.1. The monoisotopic (exact) mass is 326 g/mol. The molecule has 2 N–H and O–H groups in total. The number of carbonyl (C=O) groups is 1. The summed E-state index contributed by atoms with van der Waals surface area (Å²) in [6.07, 6.45) is 0.429. The number of anilines is 1. The molecule has 0 bridgehead atoms. The van der Waals surface area contributed by atoms with Gasteiger partial charge < -0.3 is 20.1 Å². The first-order valence-corrected chi connectivity index (χ1v) is 8.08. The summed E-state index contributed by atoms with van der Waals surface area (Å²) in [5.74, 6) is 1.51. The highest BCUT2D eigenvalue weighted by Crippen LogP contribution is 2.32. The van der Waals surface area contributed by atoms with E-state index < -0.39 is 0 Å². The molecule has 3 rings (SSSR count). The van der Waals surface area contributed by atoms with E-state index in [-0.39, 0.29) is 12.7 Å². The largest absolute Gasteiger partial charge is 0.454 e. The minimum absolute atomic E-state index is 0.0190. The summed E-state index contributed by atoms with van der Waals surface area (Å²) in [4.78, 5) is 12.0. The van der Waals surface area contributed by atoms with Gasteiger partial charge in [-0.05, 0) is 48.7 Å². The Morgan fingerprint density at radius 2 is 1.92 bits per heavy atom. The highest BCUT2D eigenvalue weighted by atomic mass is 16.7. The van der Waals surface area contributed by atoms with E-state index in [0.29, 0.717) is 19.5 Å². The summed E-state index contributed by atoms with van der Waals surface area (Å²) < 4.78 is 10.6. The van der Waals surface area contributed by atoms with Gasteiger partial charge >= 0.3 is 0 Å². The van der Waals surface area contributed by atoms with Crippen molar-refractivity contribution in [1.29, 1.82) is 0 Å². The van der Waals surface area contributed by atoms with Crippen molar-refractivity contribution in [3.05, 3.63) is 53.1 Å². The Bertz CT molecular complexity index is 743. The molecule has 0 aliphatic carbocycles. The summed E-state index contributed by atoms with van der Waals surface area (Å²) in [5, 5.41) is 6.25. The van der Waals surface area contributed by atoms with Crippen LogP contribution in [0.2, 0.25) is 0 Å². The Kier molecular flexibility index (Phi) is 4.89. The summed E-state index contributed by atoms with van der Waals surface area (Å²) >= 11 is 0. The van der Waals surface area contributed by atoms with Gasteiger partial charge in [0, 0.05) is 25.2 Å².